The van der Waals surface area contributed by atoms with Crippen LogP contribution in [0, 0.1) is 6.92 Å². The Morgan fingerprint density at radius 3 is 2.89 bits per heavy atom. The lowest BCUT2D eigenvalue weighted by molar-refractivity contribution is 0.157. The number of hydrogen-bond donors (Lipinski definition) is 1. The van der Waals surface area contributed by atoms with Gasteiger partial charge in [-0.25, -0.2) is 0 Å². The third-order valence-electron chi connectivity index (χ3n) is 3.18. The highest BCUT2D eigenvalue weighted by Gasteiger charge is 2.12. The number of nitrogens with zero attached hydrogens (tertiary/aromatic N) is 2. The molecule has 0 aliphatic rings. The predicted octanol–water partition coefficient (Wildman–Crippen LogP) is 2.88. The van der Waals surface area contributed by atoms with Crippen LogP contribution >= 0.6 is 0 Å². The van der Waals surface area contributed by atoms with Crippen LogP contribution in [0.1, 0.15) is 36.3 Å². The molecule has 0 bridgehead atoms. The SMILES string of the molecule is CCn1nccc1C(O)CCc1cccc(C)c1. The zero-order valence-electron chi connectivity index (χ0n) is 11.0. The molecule has 96 valence electrons. The van der Waals surface area contributed by atoms with Crippen LogP contribution < -0.4 is 0 Å². The Balaban J connectivity index is 1.98. The Morgan fingerprint density at radius 2 is 2.17 bits per heavy atom. The number of aryl methyl sites for hydroxylation is 3. The topological polar surface area (TPSA) is 38.0 Å². The van der Waals surface area contributed by atoms with E-state index in [4.69, 9.17) is 0 Å². The van der Waals surface area contributed by atoms with E-state index in [2.05, 4.69) is 36.3 Å². The second kappa shape index (κ2) is 5.83. The summed E-state index contributed by atoms with van der Waals surface area (Å²) in [5, 5.41) is 14.4. The lowest BCUT2D eigenvalue weighted by Gasteiger charge is -2.12. The van der Waals surface area contributed by atoms with Gasteiger partial charge in [0.2, 0.25) is 0 Å². The van der Waals surface area contributed by atoms with Crippen molar-refractivity contribution in [3.8, 4) is 0 Å². The van der Waals surface area contributed by atoms with Gasteiger partial charge in [0.15, 0.2) is 0 Å². The number of hydrogen-bond acceptors (Lipinski definition) is 2. The minimum absolute atomic E-state index is 0.437. The van der Waals surface area contributed by atoms with Crippen molar-refractivity contribution < 1.29 is 5.11 Å². The highest BCUT2D eigenvalue weighted by Crippen LogP contribution is 2.19. The first-order chi connectivity index (χ1) is 8.70. The maximum Gasteiger partial charge on any atom is 0.0959 e. The van der Waals surface area contributed by atoms with Crippen LogP contribution in [-0.2, 0) is 13.0 Å². The standard InChI is InChI=1S/C15H20N2O/c1-3-17-14(9-10-16-17)15(18)8-7-13-6-4-5-12(2)11-13/h4-6,9-11,15,18H,3,7-8H2,1-2H3. The smallest absolute Gasteiger partial charge is 0.0959 e. The summed E-state index contributed by atoms with van der Waals surface area (Å²) in [5.41, 5.74) is 3.45. The van der Waals surface area contributed by atoms with Gasteiger partial charge in [-0.15, -0.1) is 0 Å². The quantitative estimate of drug-likeness (QED) is 0.878. The van der Waals surface area contributed by atoms with Crippen LogP contribution in [-0.4, -0.2) is 14.9 Å². The maximum atomic E-state index is 10.2. The summed E-state index contributed by atoms with van der Waals surface area (Å²) in [7, 11) is 0. The summed E-state index contributed by atoms with van der Waals surface area (Å²) in [6.45, 7) is 4.92. The number of benzene rings is 1. The van der Waals surface area contributed by atoms with Gasteiger partial charge in [0.05, 0.1) is 11.8 Å². The van der Waals surface area contributed by atoms with E-state index in [-0.39, 0.29) is 0 Å². The number of aliphatic hydroxyl groups excluding tert-OH is 1. The molecule has 0 spiro atoms. The second-order valence-corrected chi connectivity index (χ2v) is 4.62. The molecule has 0 saturated carbocycles. The van der Waals surface area contributed by atoms with Gasteiger partial charge in [-0.2, -0.15) is 5.10 Å². The summed E-state index contributed by atoms with van der Waals surface area (Å²) in [6.07, 6.45) is 2.93. The lowest BCUT2D eigenvalue weighted by Crippen LogP contribution is -2.08. The van der Waals surface area contributed by atoms with E-state index < -0.39 is 6.10 Å². The number of rotatable bonds is 5. The van der Waals surface area contributed by atoms with Crippen molar-refractivity contribution in [2.45, 2.75) is 39.3 Å². The van der Waals surface area contributed by atoms with E-state index in [9.17, 15) is 5.11 Å². The van der Waals surface area contributed by atoms with Crippen molar-refractivity contribution >= 4 is 0 Å². The Labute approximate surface area is 108 Å². The van der Waals surface area contributed by atoms with E-state index >= 15 is 0 Å². The summed E-state index contributed by atoms with van der Waals surface area (Å²) in [5.74, 6) is 0. The molecule has 2 rings (SSSR count). The summed E-state index contributed by atoms with van der Waals surface area (Å²) in [6, 6.07) is 10.3. The van der Waals surface area contributed by atoms with Gasteiger partial charge in [0.25, 0.3) is 0 Å². The number of aromatic nitrogens is 2. The molecule has 3 nitrogen and oxygen atoms in total. The largest absolute Gasteiger partial charge is 0.387 e. The van der Waals surface area contributed by atoms with Crippen LogP contribution in [0.15, 0.2) is 36.5 Å². The third kappa shape index (κ3) is 2.99. The lowest BCUT2D eigenvalue weighted by atomic mass is 10.0. The van der Waals surface area contributed by atoms with E-state index in [1.807, 2.05) is 17.7 Å². The minimum Gasteiger partial charge on any atom is -0.387 e. The first-order valence-electron chi connectivity index (χ1n) is 6.46. The fraction of sp³-hybridized carbons (Fsp3) is 0.400. The molecule has 0 aliphatic carbocycles. The first-order valence-corrected chi connectivity index (χ1v) is 6.46. The van der Waals surface area contributed by atoms with Crippen LogP contribution in [0.4, 0.5) is 0 Å². The van der Waals surface area contributed by atoms with E-state index in [1.54, 1.807) is 6.20 Å². The fourth-order valence-electron chi connectivity index (χ4n) is 2.21. The zero-order chi connectivity index (χ0) is 13.0. The Kier molecular flexibility index (Phi) is 4.15. The van der Waals surface area contributed by atoms with Gasteiger partial charge >= 0.3 is 0 Å². The zero-order valence-corrected chi connectivity index (χ0v) is 11.0. The molecule has 1 atom stereocenters. The molecule has 0 saturated heterocycles. The molecule has 1 unspecified atom stereocenters. The van der Waals surface area contributed by atoms with Gasteiger partial charge in [0, 0.05) is 12.7 Å². The second-order valence-electron chi connectivity index (χ2n) is 4.62. The van der Waals surface area contributed by atoms with E-state index in [0.717, 1.165) is 25.1 Å². The molecule has 1 N–H and O–H groups in total. The van der Waals surface area contributed by atoms with Crippen molar-refractivity contribution in [1.82, 2.24) is 9.78 Å². The van der Waals surface area contributed by atoms with E-state index in [0.29, 0.717) is 0 Å². The molecule has 2 aromatic rings. The van der Waals surface area contributed by atoms with Crippen LogP contribution in [0.5, 0.6) is 0 Å². The molecule has 0 aliphatic heterocycles. The summed E-state index contributed by atoms with van der Waals surface area (Å²) in [4.78, 5) is 0. The Morgan fingerprint density at radius 1 is 1.33 bits per heavy atom. The van der Waals surface area contributed by atoms with Crippen LogP contribution in [0.3, 0.4) is 0 Å². The van der Waals surface area contributed by atoms with Gasteiger partial charge < -0.3 is 5.11 Å². The summed E-state index contributed by atoms with van der Waals surface area (Å²) < 4.78 is 1.85. The Hall–Kier alpha value is -1.61. The molecule has 3 heteroatoms. The highest BCUT2D eigenvalue weighted by atomic mass is 16.3. The molecule has 1 aromatic heterocycles. The molecule has 18 heavy (non-hydrogen) atoms. The molecular formula is C15H20N2O. The van der Waals surface area contributed by atoms with E-state index in [1.165, 1.54) is 11.1 Å². The van der Waals surface area contributed by atoms with Crippen molar-refractivity contribution in [3.05, 3.63) is 53.3 Å². The fourth-order valence-corrected chi connectivity index (χ4v) is 2.21. The molecule has 0 radical (unpaired) electrons. The average molecular weight is 244 g/mol. The first kappa shape index (κ1) is 12.8. The molecule has 0 amide bonds. The highest BCUT2D eigenvalue weighted by molar-refractivity contribution is 5.22. The van der Waals surface area contributed by atoms with Gasteiger partial charge in [-0.05, 0) is 38.3 Å². The number of aliphatic hydroxyl groups is 1. The predicted molar refractivity (Wildman–Crippen MR) is 72.4 cm³/mol. The van der Waals surface area contributed by atoms with Crippen molar-refractivity contribution in [3.63, 3.8) is 0 Å². The van der Waals surface area contributed by atoms with Gasteiger partial charge in [-0.1, -0.05) is 29.8 Å². The van der Waals surface area contributed by atoms with Crippen molar-refractivity contribution in [2.24, 2.45) is 0 Å². The van der Waals surface area contributed by atoms with Crippen LogP contribution in [0.2, 0.25) is 0 Å². The molecular weight excluding hydrogens is 224 g/mol. The summed E-state index contributed by atoms with van der Waals surface area (Å²) >= 11 is 0. The van der Waals surface area contributed by atoms with Crippen LogP contribution in [0.25, 0.3) is 0 Å². The monoisotopic (exact) mass is 244 g/mol. The minimum atomic E-state index is -0.437. The third-order valence-corrected chi connectivity index (χ3v) is 3.18. The molecule has 1 heterocycles. The maximum absolute atomic E-state index is 10.2. The van der Waals surface area contributed by atoms with Gasteiger partial charge in [-0.3, -0.25) is 4.68 Å². The average Bonchev–Trinajstić information content (AvgIpc) is 2.84. The van der Waals surface area contributed by atoms with Crippen molar-refractivity contribution in [2.75, 3.05) is 0 Å². The van der Waals surface area contributed by atoms with Gasteiger partial charge in [0.1, 0.15) is 0 Å². The van der Waals surface area contributed by atoms with Crippen molar-refractivity contribution in [1.29, 1.82) is 0 Å². The Bertz CT molecular complexity index is 505. The molecule has 1 aromatic carbocycles. The normalized spacial score (nSPS) is 12.6. The molecule has 0 fully saturated rings.